The molecular formula is C17H27FN2S. The third-order valence-electron chi connectivity index (χ3n) is 3.96. The van der Waals surface area contributed by atoms with Gasteiger partial charge in [0.05, 0.1) is 0 Å². The van der Waals surface area contributed by atoms with Crippen molar-refractivity contribution in [2.45, 2.75) is 51.4 Å². The molecule has 118 valence electrons. The fraction of sp³-hybridized carbons (Fsp3) is 0.647. The van der Waals surface area contributed by atoms with Gasteiger partial charge in [-0.25, -0.2) is 4.39 Å². The van der Waals surface area contributed by atoms with E-state index in [1.165, 1.54) is 0 Å². The summed E-state index contributed by atoms with van der Waals surface area (Å²) in [4.78, 5) is 2.35. The number of halogens is 1. The van der Waals surface area contributed by atoms with Gasteiger partial charge in [0.15, 0.2) is 0 Å². The van der Waals surface area contributed by atoms with Crippen molar-refractivity contribution in [3.63, 3.8) is 0 Å². The van der Waals surface area contributed by atoms with Crippen molar-refractivity contribution in [1.29, 1.82) is 0 Å². The summed E-state index contributed by atoms with van der Waals surface area (Å²) in [5.74, 6) is 0.998. The first-order valence-corrected chi connectivity index (χ1v) is 8.77. The summed E-state index contributed by atoms with van der Waals surface area (Å²) in [6.45, 7) is 11.4. The molecule has 0 amide bonds. The van der Waals surface area contributed by atoms with Gasteiger partial charge in [0.25, 0.3) is 0 Å². The summed E-state index contributed by atoms with van der Waals surface area (Å²) in [6.07, 6.45) is 1.13. The van der Waals surface area contributed by atoms with Gasteiger partial charge in [0.2, 0.25) is 0 Å². The number of hydrogen-bond acceptors (Lipinski definition) is 3. The van der Waals surface area contributed by atoms with E-state index in [0.717, 1.165) is 36.5 Å². The highest BCUT2D eigenvalue weighted by Crippen LogP contribution is 2.33. The van der Waals surface area contributed by atoms with Crippen molar-refractivity contribution >= 4 is 17.4 Å². The Hall–Kier alpha value is -0.740. The average molecular weight is 310 g/mol. The van der Waals surface area contributed by atoms with E-state index in [-0.39, 0.29) is 5.82 Å². The second-order valence-electron chi connectivity index (χ2n) is 6.62. The first-order valence-electron chi connectivity index (χ1n) is 7.79. The van der Waals surface area contributed by atoms with Crippen LogP contribution in [0.3, 0.4) is 0 Å². The quantitative estimate of drug-likeness (QED) is 0.903. The van der Waals surface area contributed by atoms with Crippen molar-refractivity contribution < 1.29 is 4.39 Å². The van der Waals surface area contributed by atoms with Gasteiger partial charge in [-0.3, -0.25) is 0 Å². The zero-order valence-electron chi connectivity index (χ0n) is 13.6. The molecule has 1 aliphatic heterocycles. The van der Waals surface area contributed by atoms with E-state index in [0.29, 0.717) is 17.3 Å². The third-order valence-corrected chi connectivity index (χ3v) is 5.33. The van der Waals surface area contributed by atoms with Crippen LogP contribution in [0, 0.1) is 5.82 Å². The normalized spacial score (nSPS) is 18.9. The molecule has 21 heavy (non-hydrogen) atoms. The summed E-state index contributed by atoms with van der Waals surface area (Å²) in [5, 5.41) is 3.34. The lowest BCUT2D eigenvalue weighted by Crippen LogP contribution is -2.30. The van der Waals surface area contributed by atoms with Crippen LogP contribution < -0.4 is 10.2 Å². The lowest BCUT2D eigenvalue weighted by Gasteiger charge is -2.27. The molecular weight excluding hydrogens is 283 g/mol. The van der Waals surface area contributed by atoms with Crippen molar-refractivity contribution in [3.8, 4) is 0 Å². The molecule has 1 aliphatic rings. The maximum atomic E-state index is 14.2. The first-order chi connectivity index (χ1) is 9.89. The molecule has 0 atom stereocenters. The molecule has 0 aliphatic carbocycles. The van der Waals surface area contributed by atoms with Crippen LogP contribution in [0.25, 0.3) is 0 Å². The molecule has 4 heteroatoms. The maximum absolute atomic E-state index is 14.2. The van der Waals surface area contributed by atoms with Crippen molar-refractivity contribution in [2.24, 2.45) is 0 Å². The lowest BCUT2D eigenvalue weighted by atomic mass is 10.1. The average Bonchev–Trinajstić information content (AvgIpc) is 2.58. The van der Waals surface area contributed by atoms with E-state index >= 15 is 0 Å². The van der Waals surface area contributed by atoms with Gasteiger partial charge < -0.3 is 10.2 Å². The number of nitrogens with zero attached hydrogens (tertiary/aromatic N) is 1. The minimum absolute atomic E-state index is 0.100. The Morgan fingerprint density at radius 1 is 1.33 bits per heavy atom. The second kappa shape index (κ2) is 7.01. The Morgan fingerprint density at radius 3 is 2.81 bits per heavy atom. The Bertz CT molecular complexity index is 474. The molecule has 0 bridgehead atoms. The maximum Gasteiger partial charge on any atom is 0.129 e. The summed E-state index contributed by atoms with van der Waals surface area (Å²) in [5.41, 5.74) is 1.86. The number of thioether (sulfide) groups is 1. The zero-order valence-corrected chi connectivity index (χ0v) is 14.4. The molecule has 1 aromatic carbocycles. The lowest BCUT2D eigenvalue weighted by molar-refractivity contribution is 0.551. The fourth-order valence-corrected chi connectivity index (χ4v) is 3.69. The smallest absolute Gasteiger partial charge is 0.129 e. The van der Waals surface area contributed by atoms with Gasteiger partial charge in [0.1, 0.15) is 5.82 Å². The Labute approximate surface area is 132 Å². The van der Waals surface area contributed by atoms with Gasteiger partial charge in [-0.2, -0.15) is 11.8 Å². The number of hydrogen-bond donors (Lipinski definition) is 1. The van der Waals surface area contributed by atoms with Gasteiger partial charge in [-0.15, -0.1) is 0 Å². The molecule has 0 unspecified atom stereocenters. The van der Waals surface area contributed by atoms with Crippen LogP contribution in [0.1, 0.15) is 39.7 Å². The molecule has 1 aromatic rings. The molecule has 0 aromatic heterocycles. The number of anilines is 1. The summed E-state index contributed by atoms with van der Waals surface area (Å²) in [6, 6.07) is 5.81. The summed E-state index contributed by atoms with van der Waals surface area (Å²) in [7, 11) is 0. The number of benzene rings is 1. The van der Waals surface area contributed by atoms with E-state index < -0.39 is 0 Å². The molecule has 0 spiro atoms. The van der Waals surface area contributed by atoms with Crippen LogP contribution in [0.15, 0.2) is 18.2 Å². The highest BCUT2D eigenvalue weighted by molar-refractivity contribution is 8.00. The molecule has 2 nitrogen and oxygen atoms in total. The third kappa shape index (κ3) is 4.62. The minimum Gasteiger partial charge on any atom is -0.370 e. The molecule has 1 saturated heterocycles. The van der Waals surface area contributed by atoms with Gasteiger partial charge in [-0.1, -0.05) is 33.8 Å². The SMILES string of the molecule is CC(C)NCc1c(F)cccc1N1CCSC(C)(C)CC1. The molecule has 1 fully saturated rings. The van der Waals surface area contributed by atoms with E-state index in [9.17, 15) is 4.39 Å². The first kappa shape index (κ1) is 16.6. The monoisotopic (exact) mass is 310 g/mol. The Morgan fingerprint density at radius 2 is 2.10 bits per heavy atom. The second-order valence-corrected chi connectivity index (χ2v) is 8.42. The van der Waals surface area contributed by atoms with Crippen LogP contribution in [-0.2, 0) is 6.54 Å². The van der Waals surface area contributed by atoms with Crippen LogP contribution >= 0.6 is 11.8 Å². The predicted molar refractivity (Wildman–Crippen MR) is 91.7 cm³/mol. The molecule has 2 rings (SSSR count). The molecule has 1 N–H and O–H groups in total. The topological polar surface area (TPSA) is 15.3 Å². The van der Waals surface area contributed by atoms with E-state index in [4.69, 9.17) is 0 Å². The van der Waals surface area contributed by atoms with Crippen LogP contribution in [0.2, 0.25) is 0 Å². The van der Waals surface area contributed by atoms with Gasteiger partial charge in [-0.05, 0) is 18.6 Å². The Balaban J connectivity index is 2.20. The van der Waals surface area contributed by atoms with Crippen LogP contribution in [-0.4, -0.2) is 29.6 Å². The Kier molecular flexibility index (Phi) is 5.55. The minimum atomic E-state index is -0.100. The van der Waals surface area contributed by atoms with Crippen LogP contribution in [0.4, 0.5) is 10.1 Å². The predicted octanol–water partition coefficient (Wildman–Crippen LogP) is 4.05. The fourth-order valence-electron chi connectivity index (χ4n) is 2.59. The van der Waals surface area contributed by atoms with Crippen molar-refractivity contribution in [3.05, 3.63) is 29.6 Å². The molecule has 0 radical (unpaired) electrons. The largest absolute Gasteiger partial charge is 0.370 e. The molecule has 1 heterocycles. The summed E-state index contributed by atoms with van der Waals surface area (Å²) < 4.78 is 14.6. The van der Waals surface area contributed by atoms with Crippen LogP contribution in [0.5, 0.6) is 0 Å². The van der Waals surface area contributed by atoms with E-state index in [2.05, 4.69) is 44.0 Å². The van der Waals surface area contributed by atoms with E-state index in [1.807, 2.05) is 17.8 Å². The summed E-state index contributed by atoms with van der Waals surface area (Å²) >= 11 is 2.02. The highest BCUT2D eigenvalue weighted by Gasteiger charge is 2.25. The van der Waals surface area contributed by atoms with Gasteiger partial charge >= 0.3 is 0 Å². The highest BCUT2D eigenvalue weighted by atomic mass is 32.2. The number of nitrogens with one attached hydrogen (secondary N) is 1. The zero-order chi connectivity index (χ0) is 15.5. The van der Waals surface area contributed by atoms with Crippen molar-refractivity contribution in [2.75, 3.05) is 23.7 Å². The van der Waals surface area contributed by atoms with Crippen molar-refractivity contribution in [1.82, 2.24) is 5.32 Å². The standard InChI is InChI=1S/C17H27FN2S/c1-13(2)19-12-14-15(18)6-5-7-16(14)20-9-8-17(3,4)21-11-10-20/h5-7,13,19H,8-12H2,1-4H3. The number of rotatable bonds is 4. The van der Waals surface area contributed by atoms with Gasteiger partial charge in [0, 0.05) is 47.4 Å². The van der Waals surface area contributed by atoms with E-state index in [1.54, 1.807) is 6.07 Å². The molecule has 0 saturated carbocycles.